The van der Waals surface area contributed by atoms with Crippen molar-refractivity contribution in [1.82, 2.24) is 30.0 Å². The van der Waals surface area contributed by atoms with Gasteiger partial charge in [0.2, 0.25) is 5.91 Å². The standard InChI is InChI=1S/C15H24N6O4/c1-24-15(23)12-4-2-3-5-20(12)14(22)11-21-13(16-17-18-21)10-19-6-8-25-9-7-19/h12H,2-11H2,1H3/t12-/m0/s1. The number of carbonyl (C=O) groups is 2. The Morgan fingerprint density at radius 1 is 1.24 bits per heavy atom. The van der Waals surface area contributed by atoms with Gasteiger partial charge < -0.3 is 14.4 Å². The van der Waals surface area contributed by atoms with E-state index in [1.807, 2.05) is 0 Å². The van der Waals surface area contributed by atoms with Crippen molar-refractivity contribution in [2.75, 3.05) is 40.0 Å². The van der Waals surface area contributed by atoms with Gasteiger partial charge >= 0.3 is 5.97 Å². The predicted molar refractivity (Wildman–Crippen MR) is 85.3 cm³/mol. The Morgan fingerprint density at radius 2 is 2.04 bits per heavy atom. The Kier molecular flexibility index (Phi) is 5.92. The maximum atomic E-state index is 12.7. The van der Waals surface area contributed by atoms with Crippen molar-refractivity contribution in [2.45, 2.75) is 38.4 Å². The zero-order chi connectivity index (χ0) is 17.6. The predicted octanol–water partition coefficient (Wildman–Crippen LogP) is -0.941. The van der Waals surface area contributed by atoms with Crippen LogP contribution in [-0.2, 0) is 32.2 Å². The molecule has 10 nitrogen and oxygen atoms in total. The second-order valence-electron chi connectivity index (χ2n) is 6.26. The van der Waals surface area contributed by atoms with E-state index < -0.39 is 6.04 Å². The number of nitrogens with zero attached hydrogens (tertiary/aromatic N) is 6. The van der Waals surface area contributed by atoms with Gasteiger partial charge in [-0.1, -0.05) is 0 Å². The Bertz CT molecular complexity index is 601. The van der Waals surface area contributed by atoms with Crippen LogP contribution in [0.1, 0.15) is 25.1 Å². The van der Waals surface area contributed by atoms with Crippen molar-refractivity contribution in [1.29, 1.82) is 0 Å². The van der Waals surface area contributed by atoms with E-state index in [0.29, 0.717) is 38.5 Å². The van der Waals surface area contributed by atoms with Crippen LogP contribution in [0.5, 0.6) is 0 Å². The van der Waals surface area contributed by atoms with Crippen molar-refractivity contribution < 1.29 is 19.1 Å². The Labute approximate surface area is 146 Å². The number of ether oxygens (including phenoxy) is 2. The third-order valence-electron chi connectivity index (χ3n) is 4.66. The van der Waals surface area contributed by atoms with E-state index in [0.717, 1.165) is 25.9 Å². The zero-order valence-corrected chi connectivity index (χ0v) is 14.5. The molecule has 0 unspecified atom stereocenters. The van der Waals surface area contributed by atoms with Crippen LogP contribution in [0.4, 0.5) is 0 Å². The molecule has 1 aromatic heterocycles. The van der Waals surface area contributed by atoms with E-state index in [4.69, 9.17) is 9.47 Å². The highest BCUT2D eigenvalue weighted by Gasteiger charge is 2.33. The van der Waals surface area contributed by atoms with Gasteiger partial charge in [0, 0.05) is 19.6 Å². The van der Waals surface area contributed by atoms with Crippen LogP contribution >= 0.6 is 0 Å². The van der Waals surface area contributed by atoms with E-state index >= 15 is 0 Å². The normalized spacial score (nSPS) is 22.0. The third-order valence-corrected chi connectivity index (χ3v) is 4.66. The third kappa shape index (κ3) is 4.31. The number of tetrazole rings is 1. The van der Waals surface area contributed by atoms with E-state index in [1.165, 1.54) is 11.8 Å². The van der Waals surface area contributed by atoms with E-state index in [9.17, 15) is 9.59 Å². The number of likely N-dealkylation sites (tertiary alicyclic amines) is 1. The molecule has 1 atom stereocenters. The molecule has 0 saturated carbocycles. The molecule has 25 heavy (non-hydrogen) atoms. The molecule has 0 aliphatic carbocycles. The molecule has 3 rings (SSSR count). The average molecular weight is 352 g/mol. The molecule has 2 aliphatic heterocycles. The van der Waals surface area contributed by atoms with Gasteiger partial charge in [-0.3, -0.25) is 9.69 Å². The fourth-order valence-corrected chi connectivity index (χ4v) is 3.25. The number of morpholine rings is 1. The van der Waals surface area contributed by atoms with Crippen LogP contribution in [0, 0.1) is 0 Å². The SMILES string of the molecule is COC(=O)[C@@H]1CCCCN1C(=O)Cn1nnnc1CN1CCOCC1. The fourth-order valence-electron chi connectivity index (χ4n) is 3.25. The lowest BCUT2D eigenvalue weighted by atomic mass is 10.0. The summed E-state index contributed by atoms with van der Waals surface area (Å²) in [5.74, 6) is 0.116. The summed E-state index contributed by atoms with van der Waals surface area (Å²) in [6.45, 7) is 4.17. The fraction of sp³-hybridized carbons (Fsp3) is 0.800. The van der Waals surface area contributed by atoms with E-state index in [1.54, 1.807) is 4.90 Å². The number of aromatic nitrogens is 4. The minimum absolute atomic E-state index is 0.0279. The number of hydrogen-bond donors (Lipinski definition) is 0. The first kappa shape index (κ1) is 17.7. The Balaban J connectivity index is 1.64. The Morgan fingerprint density at radius 3 is 2.80 bits per heavy atom. The highest BCUT2D eigenvalue weighted by Crippen LogP contribution is 2.19. The maximum absolute atomic E-state index is 12.7. The molecular formula is C15H24N6O4. The van der Waals surface area contributed by atoms with Gasteiger partial charge in [0.05, 0.1) is 26.9 Å². The van der Waals surface area contributed by atoms with E-state index in [2.05, 4.69) is 20.4 Å². The highest BCUT2D eigenvalue weighted by atomic mass is 16.5. The number of amides is 1. The molecule has 0 spiro atoms. The lowest BCUT2D eigenvalue weighted by Gasteiger charge is -2.33. The molecule has 0 aromatic carbocycles. The largest absolute Gasteiger partial charge is 0.467 e. The summed E-state index contributed by atoms with van der Waals surface area (Å²) in [7, 11) is 1.35. The quantitative estimate of drug-likeness (QED) is 0.626. The average Bonchev–Trinajstić information content (AvgIpc) is 3.08. The van der Waals surface area contributed by atoms with Crippen LogP contribution in [0.25, 0.3) is 0 Å². The van der Waals surface area contributed by atoms with Crippen LogP contribution < -0.4 is 0 Å². The minimum atomic E-state index is -0.509. The summed E-state index contributed by atoms with van der Waals surface area (Å²) in [5.41, 5.74) is 0. The summed E-state index contributed by atoms with van der Waals surface area (Å²) in [6.07, 6.45) is 2.43. The molecule has 2 aliphatic rings. The number of esters is 1. The van der Waals surface area contributed by atoms with Gasteiger partial charge in [0.1, 0.15) is 12.6 Å². The van der Waals surface area contributed by atoms with Crippen molar-refractivity contribution >= 4 is 11.9 Å². The topological polar surface area (TPSA) is 103 Å². The molecule has 0 bridgehead atoms. The molecule has 3 heterocycles. The smallest absolute Gasteiger partial charge is 0.328 e. The van der Waals surface area contributed by atoms with Gasteiger partial charge in [0.25, 0.3) is 0 Å². The van der Waals surface area contributed by atoms with Crippen LogP contribution in [0.2, 0.25) is 0 Å². The van der Waals surface area contributed by atoms with Gasteiger partial charge in [-0.25, -0.2) is 9.48 Å². The molecule has 2 saturated heterocycles. The van der Waals surface area contributed by atoms with E-state index in [-0.39, 0.29) is 18.4 Å². The van der Waals surface area contributed by atoms with Crippen LogP contribution in [-0.4, -0.2) is 87.9 Å². The van der Waals surface area contributed by atoms with Gasteiger partial charge in [-0.2, -0.15) is 0 Å². The molecule has 1 amide bonds. The van der Waals surface area contributed by atoms with Crippen molar-refractivity contribution in [3.8, 4) is 0 Å². The molecule has 0 radical (unpaired) electrons. The molecule has 10 heteroatoms. The lowest BCUT2D eigenvalue weighted by Crippen LogP contribution is -2.49. The number of piperidine rings is 1. The lowest BCUT2D eigenvalue weighted by molar-refractivity contribution is -0.155. The molecule has 0 N–H and O–H groups in total. The van der Waals surface area contributed by atoms with Gasteiger partial charge in [0.15, 0.2) is 5.82 Å². The monoisotopic (exact) mass is 352 g/mol. The summed E-state index contributed by atoms with van der Waals surface area (Å²) < 4.78 is 11.7. The molecule has 1 aromatic rings. The second-order valence-corrected chi connectivity index (χ2v) is 6.26. The van der Waals surface area contributed by atoms with Crippen molar-refractivity contribution in [3.05, 3.63) is 5.82 Å². The number of rotatable bonds is 5. The number of methoxy groups -OCH3 is 1. The first-order valence-electron chi connectivity index (χ1n) is 8.61. The number of carbonyl (C=O) groups excluding carboxylic acids is 2. The van der Waals surface area contributed by atoms with Crippen LogP contribution in [0.3, 0.4) is 0 Å². The Hall–Kier alpha value is -2.07. The highest BCUT2D eigenvalue weighted by molar-refractivity contribution is 5.84. The number of hydrogen-bond acceptors (Lipinski definition) is 8. The first-order chi connectivity index (χ1) is 12.2. The maximum Gasteiger partial charge on any atom is 0.328 e. The molecule has 2 fully saturated rings. The van der Waals surface area contributed by atoms with Crippen LogP contribution in [0.15, 0.2) is 0 Å². The summed E-state index contributed by atoms with van der Waals surface area (Å²) >= 11 is 0. The van der Waals surface area contributed by atoms with Crippen molar-refractivity contribution in [3.63, 3.8) is 0 Å². The molecule has 138 valence electrons. The van der Waals surface area contributed by atoms with Gasteiger partial charge in [-0.15, -0.1) is 5.10 Å². The summed E-state index contributed by atoms with van der Waals surface area (Å²) in [6, 6.07) is -0.509. The molecular weight excluding hydrogens is 328 g/mol. The zero-order valence-electron chi connectivity index (χ0n) is 14.5. The van der Waals surface area contributed by atoms with Gasteiger partial charge in [-0.05, 0) is 29.7 Å². The second kappa shape index (κ2) is 8.34. The minimum Gasteiger partial charge on any atom is -0.467 e. The summed E-state index contributed by atoms with van der Waals surface area (Å²) in [4.78, 5) is 28.4. The summed E-state index contributed by atoms with van der Waals surface area (Å²) in [5, 5.41) is 11.7. The van der Waals surface area contributed by atoms with Crippen molar-refractivity contribution in [2.24, 2.45) is 0 Å². The first-order valence-corrected chi connectivity index (χ1v) is 8.61.